The highest BCUT2D eigenvalue weighted by molar-refractivity contribution is 9.10. The van der Waals surface area contributed by atoms with Crippen LogP contribution in [0.5, 0.6) is 0 Å². The Morgan fingerprint density at radius 1 is 1.21 bits per heavy atom. The summed E-state index contributed by atoms with van der Waals surface area (Å²) in [6.45, 7) is 5.41. The first-order valence-corrected chi connectivity index (χ1v) is 8.28. The van der Waals surface area contributed by atoms with Crippen LogP contribution in [-0.4, -0.2) is 22.5 Å². The summed E-state index contributed by atoms with van der Waals surface area (Å²) in [6, 6.07) is 8.03. The van der Waals surface area contributed by atoms with E-state index in [-0.39, 0.29) is 11.6 Å². The number of esters is 1. The minimum absolute atomic E-state index is 0.218. The summed E-state index contributed by atoms with van der Waals surface area (Å²) in [6.07, 6.45) is 1.40. The molecule has 0 atom stereocenters. The number of pyridine rings is 1. The lowest BCUT2D eigenvalue weighted by atomic mass is 10.1. The van der Waals surface area contributed by atoms with Gasteiger partial charge in [-0.25, -0.2) is 9.78 Å². The number of hydrogen-bond donors (Lipinski definition) is 1. The Balaban J connectivity index is 2.08. The summed E-state index contributed by atoms with van der Waals surface area (Å²) < 4.78 is 5.78. The van der Waals surface area contributed by atoms with Crippen LogP contribution < -0.4 is 5.32 Å². The number of rotatable bonds is 3. The average molecular weight is 412 g/mol. The topological polar surface area (TPSA) is 68.3 Å². The van der Waals surface area contributed by atoms with Crippen molar-refractivity contribution in [3.05, 3.63) is 57.3 Å². The predicted octanol–water partition coefficient (Wildman–Crippen LogP) is 4.71. The number of halogens is 2. The molecule has 126 valence electrons. The smallest absolute Gasteiger partial charge is 0.338 e. The number of nitrogens with one attached hydrogen (secondary N) is 1. The van der Waals surface area contributed by atoms with Crippen LogP contribution in [0.3, 0.4) is 0 Å². The Hall–Kier alpha value is -1.92. The maximum Gasteiger partial charge on any atom is 0.338 e. The van der Waals surface area contributed by atoms with Crippen molar-refractivity contribution in [2.24, 2.45) is 0 Å². The van der Waals surface area contributed by atoms with Gasteiger partial charge < -0.3 is 10.1 Å². The molecule has 1 amide bonds. The molecule has 2 aromatic rings. The quantitative estimate of drug-likeness (QED) is 0.743. The maximum atomic E-state index is 12.2. The van der Waals surface area contributed by atoms with Crippen LogP contribution >= 0.6 is 27.5 Å². The molecule has 7 heteroatoms. The van der Waals surface area contributed by atoms with Crippen LogP contribution in [0.15, 0.2) is 41.0 Å². The van der Waals surface area contributed by atoms with Crippen LogP contribution in [0, 0.1) is 0 Å². The Morgan fingerprint density at radius 3 is 2.38 bits per heavy atom. The van der Waals surface area contributed by atoms with Gasteiger partial charge in [-0.15, -0.1) is 0 Å². The van der Waals surface area contributed by atoms with Crippen molar-refractivity contribution in [1.82, 2.24) is 4.98 Å². The van der Waals surface area contributed by atoms with Crippen LogP contribution in [0.2, 0.25) is 5.02 Å². The molecule has 0 radical (unpaired) electrons. The van der Waals surface area contributed by atoms with E-state index in [1.165, 1.54) is 6.20 Å². The Labute approximate surface area is 153 Å². The molecule has 0 unspecified atom stereocenters. The van der Waals surface area contributed by atoms with E-state index in [1.807, 2.05) is 0 Å². The van der Waals surface area contributed by atoms with Gasteiger partial charge in [0, 0.05) is 11.9 Å². The zero-order chi connectivity index (χ0) is 17.9. The standard InChI is InChI=1S/C17H16BrClN2O3/c1-17(2,3)24-16(23)10-4-6-12(7-5-10)21-15(22)14-13(18)8-11(19)9-20-14/h4-9H,1-3H3,(H,21,22). The molecule has 1 aromatic carbocycles. The number of aromatic nitrogens is 1. The van der Waals surface area contributed by atoms with E-state index in [0.717, 1.165) is 0 Å². The molecular weight excluding hydrogens is 396 g/mol. The third-order valence-electron chi connectivity index (χ3n) is 2.80. The van der Waals surface area contributed by atoms with Gasteiger partial charge in [-0.05, 0) is 67.0 Å². The van der Waals surface area contributed by atoms with E-state index in [0.29, 0.717) is 20.7 Å². The average Bonchev–Trinajstić information content (AvgIpc) is 2.45. The van der Waals surface area contributed by atoms with Crippen LogP contribution in [0.4, 0.5) is 5.69 Å². The maximum absolute atomic E-state index is 12.2. The van der Waals surface area contributed by atoms with Crippen molar-refractivity contribution in [3.8, 4) is 0 Å². The van der Waals surface area contributed by atoms with Gasteiger partial charge in [0.1, 0.15) is 11.3 Å². The molecule has 5 nitrogen and oxygen atoms in total. The third kappa shape index (κ3) is 5.04. The van der Waals surface area contributed by atoms with Crippen LogP contribution in [0.1, 0.15) is 41.6 Å². The summed E-state index contributed by atoms with van der Waals surface area (Å²) in [7, 11) is 0. The highest BCUT2D eigenvalue weighted by Gasteiger charge is 2.18. The van der Waals surface area contributed by atoms with Gasteiger partial charge in [-0.2, -0.15) is 0 Å². The van der Waals surface area contributed by atoms with E-state index in [9.17, 15) is 9.59 Å². The molecule has 0 saturated carbocycles. The fraction of sp³-hybridized carbons (Fsp3) is 0.235. The van der Waals surface area contributed by atoms with Crippen molar-refractivity contribution < 1.29 is 14.3 Å². The SMILES string of the molecule is CC(C)(C)OC(=O)c1ccc(NC(=O)c2ncc(Cl)cc2Br)cc1. The van der Waals surface area contributed by atoms with E-state index in [1.54, 1.807) is 51.1 Å². The van der Waals surface area contributed by atoms with Crippen molar-refractivity contribution in [3.63, 3.8) is 0 Å². The van der Waals surface area contributed by atoms with Crippen molar-refractivity contribution in [2.45, 2.75) is 26.4 Å². The number of amides is 1. The van der Waals surface area contributed by atoms with Crippen molar-refractivity contribution in [2.75, 3.05) is 5.32 Å². The fourth-order valence-electron chi connectivity index (χ4n) is 1.80. The molecule has 0 fully saturated rings. The van der Waals surface area contributed by atoms with Crippen molar-refractivity contribution in [1.29, 1.82) is 0 Å². The molecule has 1 aromatic heterocycles. The summed E-state index contributed by atoms with van der Waals surface area (Å²) in [4.78, 5) is 28.2. The van der Waals surface area contributed by atoms with Crippen molar-refractivity contribution >= 4 is 45.1 Å². The number of ether oxygens (including phenoxy) is 1. The lowest BCUT2D eigenvalue weighted by Gasteiger charge is -2.19. The normalized spacial score (nSPS) is 11.0. The lowest BCUT2D eigenvalue weighted by Crippen LogP contribution is -2.23. The number of carbonyl (C=O) groups is 2. The molecule has 2 rings (SSSR count). The number of hydrogen-bond acceptors (Lipinski definition) is 4. The van der Waals surface area contributed by atoms with Crippen LogP contribution in [-0.2, 0) is 4.74 Å². The van der Waals surface area contributed by atoms with E-state index >= 15 is 0 Å². The summed E-state index contributed by atoms with van der Waals surface area (Å²) in [5, 5.41) is 3.14. The molecule has 0 aliphatic rings. The number of nitrogens with zero attached hydrogens (tertiary/aromatic N) is 1. The molecular formula is C17H16BrClN2O3. The summed E-state index contributed by atoms with van der Waals surface area (Å²) >= 11 is 9.06. The number of anilines is 1. The third-order valence-corrected chi connectivity index (χ3v) is 3.61. The highest BCUT2D eigenvalue weighted by atomic mass is 79.9. The predicted molar refractivity (Wildman–Crippen MR) is 96.5 cm³/mol. The highest BCUT2D eigenvalue weighted by Crippen LogP contribution is 2.21. The van der Waals surface area contributed by atoms with E-state index in [4.69, 9.17) is 16.3 Å². The van der Waals surface area contributed by atoms with Gasteiger partial charge in [0.05, 0.1) is 15.1 Å². The summed E-state index contributed by atoms with van der Waals surface area (Å²) in [5.74, 6) is -0.800. The molecule has 0 bridgehead atoms. The second-order valence-corrected chi connectivity index (χ2v) is 7.31. The van der Waals surface area contributed by atoms with Gasteiger partial charge in [-0.3, -0.25) is 4.79 Å². The summed E-state index contributed by atoms with van der Waals surface area (Å²) in [5.41, 5.74) is 0.608. The first kappa shape index (κ1) is 18.4. The lowest BCUT2D eigenvalue weighted by molar-refractivity contribution is 0.00695. The first-order valence-electron chi connectivity index (χ1n) is 7.11. The monoisotopic (exact) mass is 410 g/mol. The molecule has 1 heterocycles. The van der Waals surface area contributed by atoms with Gasteiger partial charge >= 0.3 is 5.97 Å². The second-order valence-electron chi connectivity index (χ2n) is 6.02. The van der Waals surface area contributed by atoms with Gasteiger partial charge in [-0.1, -0.05) is 11.6 Å². The first-order chi connectivity index (χ1) is 11.2. The van der Waals surface area contributed by atoms with Gasteiger partial charge in [0.2, 0.25) is 0 Å². The molecule has 1 N–H and O–H groups in total. The number of benzene rings is 1. The fourth-order valence-corrected chi connectivity index (χ4v) is 2.62. The zero-order valence-corrected chi connectivity index (χ0v) is 15.7. The van der Waals surface area contributed by atoms with Gasteiger partial charge in [0.15, 0.2) is 0 Å². The number of carbonyl (C=O) groups excluding carboxylic acids is 2. The molecule has 0 aliphatic carbocycles. The van der Waals surface area contributed by atoms with Crippen LogP contribution in [0.25, 0.3) is 0 Å². The van der Waals surface area contributed by atoms with E-state index in [2.05, 4.69) is 26.2 Å². The largest absolute Gasteiger partial charge is 0.456 e. The minimum Gasteiger partial charge on any atom is -0.456 e. The molecule has 0 saturated heterocycles. The van der Waals surface area contributed by atoms with E-state index < -0.39 is 11.6 Å². The Bertz CT molecular complexity index is 770. The molecule has 0 spiro atoms. The zero-order valence-electron chi connectivity index (χ0n) is 13.4. The van der Waals surface area contributed by atoms with Gasteiger partial charge in [0.25, 0.3) is 5.91 Å². The second kappa shape index (κ2) is 7.32. The molecule has 0 aliphatic heterocycles. The Morgan fingerprint density at radius 2 is 1.83 bits per heavy atom. The molecule has 24 heavy (non-hydrogen) atoms. The minimum atomic E-state index is -0.559. The Kier molecular flexibility index (Phi) is 5.62.